The Hall–Kier alpha value is -1.85. The Morgan fingerprint density at radius 2 is 1.76 bits per heavy atom. The molecule has 1 aliphatic carbocycles. The number of hydrogen-bond donors (Lipinski definition) is 3. The van der Waals surface area contributed by atoms with Crippen LogP contribution in [0.5, 0.6) is 0 Å². The number of aliphatic carboxylic acids is 1. The van der Waals surface area contributed by atoms with Crippen LogP contribution < -0.4 is 11.1 Å². The van der Waals surface area contributed by atoms with Gasteiger partial charge in [-0.05, 0) is 36.6 Å². The van der Waals surface area contributed by atoms with Crippen LogP contribution in [0.2, 0.25) is 0 Å². The van der Waals surface area contributed by atoms with Crippen molar-refractivity contribution in [1.82, 2.24) is 0 Å². The van der Waals surface area contributed by atoms with Gasteiger partial charge in [-0.1, -0.05) is 25.0 Å². The smallest absolute Gasteiger partial charge is 0.328 e. The van der Waals surface area contributed by atoms with E-state index in [9.17, 15) is 9.59 Å². The minimum absolute atomic E-state index is 0. The number of nitrogens with one attached hydrogen (secondary N) is 1. The van der Waals surface area contributed by atoms with Crippen LogP contribution in [0.1, 0.15) is 31.2 Å². The maximum Gasteiger partial charge on any atom is 0.328 e. The Morgan fingerprint density at radius 3 is 2.29 bits per heavy atom. The van der Waals surface area contributed by atoms with Gasteiger partial charge in [0.05, 0.1) is 5.54 Å². The zero-order valence-electron chi connectivity index (χ0n) is 11.5. The lowest BCUT2D eigenvalue weighted by Crippen LogP contribution is -2.48. The number of halogens is 1. The Kier molecular flexibility index (Phi) is 5.93. The lowest BCUT2D eigenvalue weighted by Gasteiger charge is -2.22. The molecule has 0 bridgehead atoms. The van der Waals surface area contributed by atoms with Crippen LogP contribution in [0.15, 0.2) is 30.3 Å². The highest BCUT2D eigenvalue weighted by atomic mass is 35.5. The Balaban J connectivity index is 0.00000220. The molecule has 1 aromatic carbocycles. The summed E-state index contributed by atoms with van der Waals surface area (Å²) in [4.78, 5) is 22.5. The van der Waals surface area contributed by atoms with E-state index < -0.39 is 11.5 Å². The second-order valence-electron chi connectivity index (χ2n) is 5.11. The zero-order valence-corrected chi connectivity index (χ0v) is 12.4. The molecule has 1 fully saturated rings. The third kappa shape index (κ3) is 4.58. The topological polar surface area (TPSA) is 92.4 Å². The molecular formula is C15H19ClN2O3. The molecular weight excluding hydrogens is 292 g/mol. The van der Waals surface area contributed by atoms with Crippen LogP contribution in [-0.4, -0.2) is 22.5 Å². The lowest BCUT2D eigenvalue weighted by molar-refractivity contribution is -0.131. The number of anilines is 1. The molecule has 2 rings (SSSR count). The first kappa shape index (κ1) is 17.2. The predicted molar refractivity (Wildman–Crippen MR) is 84.4 cm³/mol. The van der Waals surface area contributed by atoms with Crippen LogP contribution in [0.3, 0.4) is 0 Å². The summed E-state index contributed by atoms with van der Waals surface area (Å²) in [6.45, 7) is 0. The second kappa shape index (κ2) is 7.24. The zero-order chi connectivity index (χ0) is 14.6. The molecule has 4 N–H and O–H groups in total. The third-order valence-corrected chi connectivity index (χ3v) is 3.53. The minimum atomic E-state index is -0.992. The van der Waals surface area contributed by atoms with E-state index in [1.54, 1.807) is 24.3 Å². The number of benzene rings is 1. The minimum Gasteiger partial charge on any atom is -0.478 e. The average Bonchev–Trinajstić information content (AvgIpc) is 2.86. The van der Waals surface area contributed by atoms with E-state index in [1.807, 2.05) is 0 Å². The van der Waals surface area contributed by atoms with Crippen molar-refractivity contribution in [2.75, 3.05) is 5.32 Å². The van der Waals surface area contributed by atoms with Gasteiger partial charge in [0.25, 0.3) is 0 Å². The van der Waals surface area contributed by atoms with E-state index >= 15 is 0 Å². The summed E-state index contributed by atoms with van der Waals surface area (Å²) in [6.07, 6.45) is 5.98. The normalized spacial score (nSPS) is 16.4. The van der Waals surface area contributed by atoms with Crippen LogP contribution in [0.25, 0.3) is 6.08 Å². The van der Waals surface area contributed by atoms with Gasteiger partial charge in [0.15, 0.2) is 0 Å². The van der Waals surface area contributed by atoms with Gasteiger partial charge >= 0.3 is 5.97 Å². The number of carboxylic acids is 1. The van der Waals surface area contributed by atoms with Crippen LogP contribution in [0, 0.1) is 0 Å². The molecule has 114 valence electrons. The van der Waals surface area contributed by atoms with Gasteiger partial charge in [-0.2, -0.15) is 0 Å². The van der Waals surface area contributed by atoms with Crippen LogP contribution >= 0.6 is 12.4 Å². The first-order valence-electron chi connectivity index (χ1n) is 6.61. The molecule has 0 heterocycles. The van der Waals surface area contributed by atoms with Gasteiger partial charge in [-0.3, -0.25) is 4.79 Å². The maximum absolute atomic E-state index is 12.1. The summed E-state index contributed by atoms with van der Waals surface area (Å²) in [5.74, 6) is -1.14. The molecule has 0 radical (unpaired) electrons. The molecule has 21 heavy (non-hydrogen) atoms. The summed E-state index contributed by atoms with van der Waals surface area (Å²) in [6, 6.07) is 6.95. The standard InChI is InChI=1S/C15H18N2O3.ClH/c16-15(9-1-2-10-15)14(20)17-12-6-3-11(4-7-12)5-8-13(18)19;/h3-8H,1-2,9-10,16H2,(H,17,20)(H,18,19);1H/b8-5+;. The molecule has 5 nitrogen and oxygen atoms in total. The van der Waals surface area contributed by atoms with E-state index in [4.69, 9.17) is 10.8 Å². The van der Waals surface area contributed by atoms with Crippen LogP contribution in [0.4, 0.5) is 5.69 Å². The molecule has 0 atom stereocenters. The van der Waals surface area contributed by atoms with Crippen molar-refractivity contribution >= 4 is 36.0 Å². The maximum atomic E-state index is 12.1. The van der Waals surface area contributed by atoms with E-state index in [1.165, 1.54) is 6.08 Å². The fourth-order valence-electron chi connectivity index (χ4n) is 2.33. The molecule has 6 heteroatoms. The first-order chi connectivity index (χ1) is 9.49. The highest BCUT2D eigenvalue weighted by Crippen LogP contribution is 2.28. The lowest BCUT2D eigenvalue weighted by atomic mass is 9.98. The van der Waals surface area contributed by atoms with E-state index in [0.29, 0.717) is 5.69 Å². The SMILES string of the molecule is Cl.NC1(C(=O)Nc2ccc(/C=C/C(=O)O)cc2)CCCC1. The van der Waals surface area contributed by atoms with Crippen molar-refractivity contribution in [3.05, 3.63) is 35.9 Å². The monoisotopic (exact) mass is 310 g/mol. The summed E-state index contributed by atoms with van der Waals surface area (Å²) >= 11 is 0. The quantitative estimate of drug-likeness (QED) is 0.745. The Morgan fingerprint density at radius 1 is 1.19 bits per heavy atom. The number of carbonyl (C=O) groups is 2. The fraction of sp³-hybridized carbons (Fsp3) is 0.333. The van der Waals surface area contributed by atoms with Gasteiger partial charge in [-0.15, -0.1) is 12.4 Å². The number of amides is 1. The third-order valence-electron chi connectivity index (χ3n) is 3.53. The number of carboxylic acid groups (broad SMARTS) is 1. The van der Waals surface area contributed by atoms with E-state index in [-0.39, 0.29) is 18.3 Å². The molecule has 0 spiro atoms. The summed E-state index contributed by atoms with van der Waals surface area (Å²) in [5.41, 5.74) is 6.75. The van der Waals surface area contributed by atoms with Gasteiger partial charge in [-0.25, -0.2) is 4.79 Å². The number of carbonyl (C=O) groups excluding carboxylic acids is 1. The average molecular weight is 311 g/mol. The van der Waals surface area contributed by atoms with E-state index in [0.717, 1.165) is 37.3 Å². The molecule has 1 saturated carbocycles. The van der Waals surface area contributed by atoms with Crippen molar-refractivity contribution in [2.24, 2.45) is 5.73 Å². The fourth-order valence-corrected chi connectivity index (χ4v) is 2.33. The summed E-state index contributed by atoms with van der Waals surface area (Å²) < 4.78 is 0. The molecule has 0 unspecified atom stereocenters. The van der Waals surface area contributed by atoms with Crippen molar-refractivity contribution in [3.8, 4) is 0 Å². The van der Waals surface area contributed by atoms with Gasteiger partial charge in [0, 0.05) is 11.8 Å². The van der Waals surface area contributed by atoms with Gasteiger partial charge < -0.3 is 16.2 Å². The number of nitrogens with two attached hydrogens (primary N) is 1. The molecule has 0 saturated heterocycles. The Bertz CT molecular complexity index is 534. The van der Waals surface area contributed by atoms with E-state index in [2.05, 4.69) is 5.32 Å². The van der Waals surface area contributed by atoms with Crippen molar-refractivity contribution < 1.29 is 14.7 Å². The second-order valence-corrected chi connectivity index (χ2v) is 5.11. The van der Waals surface area contributed by atoms with Crippen molar-refractivity contribution in [3.63, 3.8) is 0 Å². The van der Waals surface area contributed by atoms with Crippen molar-refractivity contribution in [1.29, 1.82) is 0 Å². The molecule has 0 aromatic heterocycles. The predicted octanol–water partition coefficient (Wildman–Crippen LogP) is 2.42. The summed E-state index contributed by atoms with van der Waals surface area (Å²) in [7, 11) is 0. The van der Waals surface area contributed by atoms with Crippen LogP contribution in [-0.2, 0) is 9.59 Å². The van der Waals surface area contributed by atoms with Crippen molar-refractivity contribution in [2.45, 2.75) is 31.2 Å². The summed E-state index contributed by atoms with van der Waals surface area (Å²) in [5, 5.41) is 11.4. The molecule has 1 aromatic rings. The highest BCUT2D eigenvalue weighted by molar-refractivity contribution is 5.98. The Labute approximate surface area is 129 Å². The largest absolute Gasteiger partial charge is 0.478 e. The van der Waals surface area contributed by atoms with Gasteiger partial charge in [0.1, 0.15) is 0 Å². The number of rotatable bonds is 4. The van der Waals surface area contributed by atoms with Gasteiger partial charge in [0.2, 0.25) is 5.91 Å². The number of hydrogen-bond acceptors (Lipinski definition) is 3. The molecule has 0 aliphatic heterocycles. The highest BCUT2D eigenvalue weighted by Gasteiger charge is 2.36. The first-order valence-corrected chi connectivity index (χ1v) is 6.61. The molecule has 1 amide bonds. The molecule has 1 aliphatic rings.